The van der Waals surface area contributed by atoms with Gasteiger partial charge in [-0.1, -0.05) is 0 Å². The van der Waals surface area contributed by atoms with Gasteiger partial charge in [0, 0.05) is 5.56 Å². The van der Waals surface area contributed by atoms with Crippen LogP contribution in [0.25, 0.3) is 11.5 Å². The molecule has 0 aliphatic heterocycles. The van der Waals surface area contributed by atoms with Crippen LogP contribution in [-0.4, -0.2) is 4.98 Å². The number of hydrogen-bond acceptors (Lipinski definition) is 2. The van der Waals surface area contributed by atoms with Gasteiger partial charge in [0.25, 0.3) is 0 Å². The predicted molar refractivity (Wildman–Crippen MR) is 46.6 cm³/mol. The van der Waals surface area contributed by atoms with Gasteiger partial charge in [-0.2, -0.15) is 0 Å². The summed E-state index contributed by atoms with van der Waals surface area (Å²) in [4.78, 5) is 3.97. The van der Waals surface area contributed by atoms with Crippen LogP contribution in [0.2, 0.25) is 0 Å². The minimum Gasteiger partial charge on any atom is -0.445 e. The summed E-state index contributed by atoms with van der Waals surface area (Å²) >= 11 is 0. The first-order valence-electron chi connectivity index (χ1n) is 3.93. The van der Waals surface area contributed by atoms with E-state index < -0.39 is 0 Å². The van der Waals surface area contributed by atoms with Crippen molar-refractivity contribution in [3.63, 3.8) is 0 Å². The quantitative estimate of drug-likeness (QED) is 0.669. The van der Waals surface area contributed by atoms with Crippen LogP contribution < -0.4 is 0 Å². The number of aryl methyl sites for hydroxylation is 1. The van der Waals surface area contributed by atoms with Crippen LogP contribution in [0.15, 0.2) is 35.1 Å². The lowest BCUT2D eigenvalue weighted by molar-refractivity contribution is 0.573. The Balaban J connectivity index is 2.49. The van der Waals surface area contributed by atoms with Crippen molar-refractivity contribution in [2.75, 3.05) is 0 Å². The number of rotatable bonds is 1. The number of aromatic nitrogens is 1. The number of benzene rings is 1. The topological polar surface area (TPSA) is 26.0 Å². The van der Waals surface area contributed by atoms with Crippen LogP contribution in [0.3, 0.4) is 0 Å². The molecule has 0 fully saturated rings. The van der Waals surface area contributed by atoms with E-state index in [4.69, 9.17) is 4.42 Å². The zero-order chi connectivity index (χ0) is 9.26. The molecule has 0 bridgehead atoms. The standard InChI is InChI=1S/C10H8FNO/c1-7-6-8(2-3-9(7)11)10-12-4-5-13-10/h2-6H,1H3. The zero-order valence-corrected chi connectivity index (χ0v) is 7.12. The van der Waals surface area contributed by atoms with Gasteiger partial charge in [-0.3, -0.25) is 0 Å². The highest BCUT2D eigenvalue weighted by atomic mass is 19.1. The fraction of sp³-hybridized carbons (Fsp3) is 0.100. The zero-order valence-electron chi connectivity index (χ0n) is 7.12. The lowest BCUT2D eigenvalue weighted by atomic mass is 10.1. The Hall–Kier alpha value is -1.64. The van der Waals surface area contributed by atoms with Crippen molar-refractivity contribution >= 4 is 0 Å². The monoisotopic (exact) mass is 177 g/mol. The maximum atomic E-state index is 12.9. The number of oxazole rings is 1. The second-order valence-corrected chi connectivity index (χ2v) is 2.80. The molecule has 0 radical (unpaired) electrons. The summed E-state index contributed by atoms with van der Waals surface area (Å²) in [6.45, 7) is 1.71. The molecule has 1 heterocycles. The van der Waals surface area contributed by atoms with Gasteiger partial charge < -0.3 is 4.42 Å². The lowest BCUT2D eigenvalue weighted by Crippen LogP contribution is -1.83. The van der Waals surface area contributed by atoms with Crippen LogP contribution in [-0.2, 0) is 0 Å². The first-order valence-corrected chi connectivity index (χ1v) is 3.93. The van der Waals surface area contributed by atoms with Crippen molar-refractivity contribution in [3.8, 4) is 11.5 Å². The van der Waals surface area contributed by atoms with Gasteiger partial charge in [0.1, 0.15) is 12.1 Å². The van der Waals surface area contributed by atoms with E-state index in [0.29, 0.717) is 11.5 Å². The largest absolute Gasteiger partial charge is 0.445 e. The Morgan fingerprint density at radius 2 is 2.23 bits per heavy atom. The number of nitrogens with zero attached hydrogens (tertiary/aromatic N) is 1. The molecule has 0 amide bonds. The first kappa shape index (κ1) is 7.98. The average molecular weight is 177 g/mol. The molecular formula is C10H8FNO. The molecular weight excluding hydrogens is 169 g/mol. The van der Waals surface area contributed by atoms with E-state index in [-0.39, 0.29) is 5.82 Å². The van der Waals surface area contributed by atoms with Gasteiger partial charge in [-0.15, -0.1) is 0 Å². The molecule has 66 valence electrons. The van der Waals surface area contributed by atoms with E-state index in [9.17, 15) is 4.39 Å². The third-order valence-corrected chi connectivity index (χ3v) is 1.84. The van der Waals surface area contributed by atoms with Crippen molar-refractivity contribution in [2.45, 2.75) is 6.92 Å². The smallest absolute Gasteiger partial charge is 0.225 e. The summed E-state index contributed by atoms with van der Waals surface area (Å²) in [6, 6.07) is 4.77. The summed E-state index contributed by atoms with van der Waals surface area (Å²) in [6.07, 6.45) is 3.06. The first-order chi connectivity index (χ1) is 6.27. The van der Waals surface area contributed by atoms with Gasteiger partial charge in [-0.05, 0) is 30.7 Å². The lowest BCUT2D eigenvalue weighted by Gasteiger charge is -1.98. The molecule has 2 nitrogen and oxygen atoms in total. The fourth-order valence-electron chi connectivity index (χ4n) is 1.14. The predicted octanol–water partition coefficient (Wildman–Crippen LogP) is 2.79. The molecule has 0 spiro atoms. The normalized spacial score (nSPS) is 10.3. The Kier molecular flexibility index (Phi) is 1.85. The molecule has 0 unspecified atom stereocenters. The molecule has 13 heavy (non-hydrogen) atoms. The highest BCUT2D eigenvalue weighted by molar-refractivity contribution is 5.54. The molecule has 0 atom stereocenters. The van der Waals surface area contributed by atoms with Crippen molar-refractivity contribution in [1.82, 2.24) is 4.98 Å². The van der Waals surface area contributed by atoms with Crippen molar-refractivity contribution in [2.24, 2.45) is 0 Å². The van der Waals surface area contributed by atoms with E-state index in [1.807, 2.05) is 0 Å². The van der Waals surface area contributed by atoms with Crippen molar-refractivity contribution in [1.29, 1.82) is 0 Å². The van der Waals surface area contributed by atoms with Crippen molar-refractivity contribution < 1.29 is 8.81 Å². The molecule has 0 N–H and O–H groups in total. The van der Waals surface area contributed by atoms with E-state index in [2.05, 4.69) is 4.98 Å². The van der Waals surface area contributed by atoms with Crippen LogP contribution in [0, 0.1) is 12.7 Å². The van der Waals surface area contributed by atoms with E-state index in [0.717, 1.165) is 5.56 Å². The fourth-order valence-corrected chi connectivity index (χ4v) is 1.14. The molecule has 1 aromatic carbocycles. The minimum atomic E-state index is -0.213. The summed E-state index contributed by atoms with van der Waals surface area (Å²) in [5, 5.41) is 0. The third-order valence-electron chi connectivity index (χ3n) is 1.84. The summed E-state index contributed by atoms with van der Waals surface area (Å²) in [7, 11) is 0. The molecule has 3 heteroatoms. The van der Waals surface area contributed by atoms with Crippen molar-refractivity contribution in [3.05, 3.63) is 42.0 Å². The van der Waals surface area contributed by atoms with Gasteiger partial charge in [0.05, 0.1) is 6.20 Å². The molecule has 2 aromatic rings. The summed E-state index contributed by atoms with van der Waals surface area (Å²) in [5.74, 6) is 0.304. The molecule has 0 saturated carbocycles. The Morgan fingerprint density at radius 3 is 2.85 bits per heavy atom. The molecule has 2 rings (SSSR count). The van der Waals surface area contributed by atoms with Gasteiger partial charge in [-0.25, -0.2) is 9.37 Å². The highest BCUT2D eigenvalue weighted by Crippen LogP contribution is 2.19. The molecule has 0 aliphatic rings. The highest BCUT2D eigenvalue weighted by Gasteiger charge is 2.04. The second-order valence-electron chi connectivity index (χ2n) is 2.80. The SMILES string of the molecule is Cc1cc(-c2ncco2)ccc1F. The van der Waals surface area contributed by atoms with E-state index in [1.54, 1.807) is 25.3 Å². The Bertz CT molecular complexity index is 409. The van der Waals surface area contributed by atoms with Gasteiger partial charge >= 0.3 is 0 Å². The van der Waals surface area contributed by atoms with Crippen LogP contribution in [0.4, 0.5) is 4.39 Å². The van der Waals surface area contributed by atoms with Crippen LogP contribution in [0.1, 0.15) is 5.56 Å². The summed E-state index contributed by atoms with van der Waals surface area (Å²) < 4.78 is 18.0. The second kappa shape index (κ2) is 3.01. The molecule has 0 aliphatic carbocycles. The van der Waals surface area contributed by atoms with Crippen LogP contribution in [0.5, 0.6) is 0 Å². The Labute approximate surface area is 75.0 Å². The minimum absolute atomic E-state index is 0.213. The summed E-state index contributed by atoms with van der Waals surface area (Å²) in [5.41, 5.74) is 1.39. The maximum absolute atomic E-state index is 12.9. The van der Waals surface area contributed by atoms with Gasteiger partial charge in [0.15, 0.2) is 0 Å². The molecule has 0 saturated heterocycles. The Morgan fingerprint density at radius 1 is 1.38 bits per heavy atom. The average Bonchev–Trinajstić information content (AvgIpc) is 2.62. The van der Waals surface area contributed by atoms with Crippen LogP contribution >= 0.6 is 0 Å². The number of hydrogen-bond donors (Lipinski definition) is 0. The van der Waals surface area contributed by atoms with Gasteiger partial charge in [0.2, 0.25) is 5.89 Å². The van der Waals surface area contributed by atoms with E-state index in [1.165, 1.54) is 12.3 Å². The molecule has 1 aromatic heterocycles. The van der Waals surface area contributed by atoms with E-state index >= 15 is 0 Å². The third kappa shape index (κ3) is 1.45. The number of halogens is 1. The maximum Gasteiger partial charge on any atom is 0.225 e.